The minimum absolute atomic E-state index is 0.0428. The molecule has 0 radical (unpaired) electrons. The molecule has 0 saturated heterocycles. The number of pyridine rings is 1. The zero-order valence-corrected chi connectivity index (χ0v) is 13.4. The zero-order chi connectivity index (χ0) is 15.9. The fraction of sp³-hybridized carbons (Fsp3) is 0.167. The van der Waals surface area contributed by atoms with Gasteiger partial charge < -0.3 is 5.32 Å². The molecule has 3 rings (SSSR count). The quantitative estimate of drug-likeness (QED) is 0.756. The number of amides is 1. The summed E-state index contributed by atoms with van der Waals surface area (Å²) >= 11 is 1.54. The summed E-state index contributed by atoms with van der Waals surface area (Å²) in [6.07, 6.45) is 2.99. The lowest BCUT2D eigenvalue weighted by Crippen LogP contribution is -2.23. The van der Waals surface area contributed by atoms with Gasteiger partial charge in [0.25, 0.3) is 0 Å². The van der Waals surface area contributed by atoms with Gasteiger partial charge in [0.15, 0.2) is 0 Å². The smallest absolute Gasteiger partial charge is 0.220 e. The second kappa shape index (κ2) is 7.65. The number of aryl methyl sites for hydroxylation is 1. The third-order valence-corrected chi connectivity index (χ3v) is 4.30. The fourth-order valence-corrected chi connectivity index (χ4v) is 2.97. The molecule has 116 valence electrons. The molecule has 0 unspecified atom stereocenters. The molecule has 0 atom stereocenters. The Morgan fingerprint density at radius 2 is 1.91 bits per heavy atom. The summed E-state index contributed by atoms with van der Waals surface area (Å²) in [6, 6.07) is 15.8. The monoisotopic (exact) mass is 323 g/mol. The average molecular weight is 323 g/mol. The fourth-order valence-electron chi connectivity index (χ4n) is 2.18. The molecule has 0 aliphatic heterocycles. The molecule has 5 heteroatoms. The van der Waals surface area contributed by atoms with Crippen LogP contribution in [0.3, 0.4) is 0 Å². The Morgan fingerprint density at radius 1 is 1.09 bits per heavy atom. The molecule has 0 aliphatic rings. The predicted molar refractivity (Wildman–Crippen MR) is 92.0 cm³/mol. The Bertz CT molecular complexity index is 756. The molecule has 2 heterocycles. The van der Waals surface area contributed by atoms with Gasteiger partial charge in [-0.1, -0.05) is 36.4 Å². The van der Waals surface area contributed by atoms with Crippen molar-refractivity contribution in [3.8, 4) is 10.7 Å². The Balaban J connectivity index is 1.49. The standard InChI is InChI=1S/C18H17N3OS/c22-17(10-9-14-6-2-1-3-7-14)20-12-15-13-23-18(21-15)16-8-4-5-11-19-16/h1-8,11,13H,9-10,12H2,(H,20,22). The summed E-state index contributed by atoms with van der Waals surface area (Å²) in [4.78, 5) is 20.7. The van der Waals surface area contributed by atoms with E-state index in [1.165, 1.54) is 16.9 Å². The molecule has 3 aromatic rings. The maximum Gasteiger partial charge on any atom is 0.220 e. The van der Waals surface area contributed by atoms with E-state index >= 15 is 0 Å². The van der Waals surface area contributed by atoms with E-state index in [9.17, 15) is 4.79 Å². The summed E-state index contributed by atoms with van der Waals surface area (Å²) < 4.78 is 0. The van der Waals surface area contributed by atoms with E-state index in [-0.39, 0.29) is 5.91 Å². The van der Waals surface area contributed by atoms with Gasteiger partial charge in [-0.3, -0.25) is 9.78 Å². The van der Waals surface area contributed by atoms with Gasteiger partial charge in [0.1, 0.15) is 5.01 Å². The normalized spacial score (nSPS) is 10.4. The third-order valence-electron chi connectivity index (χ3n) is 3.39. The van der Waals surface area contributed by atoms with Gasteiger partial charge in [-0.2, -0.15) is 0 Å². The van der Waals surface area contributed by atoms with Gasteiger partial charge in [-0.05, 0) is 24.1 Å². The van der Waals surface area contributed by atoms with Crippen molar-refractivity contribution >= 4 is 17.2 Å². The number of nitrogens with zero attached hydrogens (tertiary/aromatic N) is 2. The first kappa shape index (κ1) is 15.4. The topological polar surface area (TPSA) is 54.9 Å². The van der Waals surface area contributed by atoms with Crippen LogP contribution in [0.15, 0.2) is 60.1 Å². The van der Waals surface area contributed by atoms with Crippen LogP contribution in [0.5, 0.6) is 0 Å². The van der Waals surface area contributed by atoms with E-state index in [1.54, 1.807) is 6.20 Å². The predicted octanol–water partition coefficient (Wildman–Crippen LogP) is 3.45. The largest absolute Gasteiger partial charge is 0.350 e. The Labute approximate surface area is 139 Å². The molecule has 0 fully saturated rings. The molecule has 1 aromatic carbocycles. The number of aromatic nitrogens is 2. The SMILES string of the molecule is O=C(CCc1ccccc1)NCc1csc(-c2ccccn2)n1. The number of carbonyl (C=O) groups is 1. The number of hydrogen-bond donors (Lipinski definition) is 1. The molecule has 0 aliphatic carbocycles. The highest BCUT2D eigenvalue weighted by atomic mass is 32.1. The number of hydrogen-bond acceptors (Lipinski definition) is 4. The highest BCUT2D eigenvalue weighted by Crippen LogP contribution is 2.21. The lowest BCUT2D eigenvalue weighted by Gasteiger charge is -2.03. The maximum absolute atomic E-state index is 11.9. The van der Waals surface area contributed by atoms with Crippen molar-refractivity contribution in [2.24, 2.45) is 0 Å². The van der Waals surface area contributed by atoms with Gasteiger partial charge in [-0.15, -0.1) is 11.3 Å². The van der Waals surface area contributed by atoms with Gasteiger partial charge in [-0.25, -0.2) is 4.98 Å². The van der Waals surface area contributed by atoms with E-state index in [4.69, 9.17) is 0 Å². The van der Waals surface area contributed by atoms with Crippen LogP contribution in [-0.2, 0) is 17.8 Å². The maximum atomic E-state index is 11.9. The highest BCUT2D eigenvalue weighted by Gasteiger charge is 2.07. The lowest BCUT2D eigenvalue weighted by atomic mass is 10.1. The minimum atomic E-state index is 0.0428. The Hall–Kier alpha value is -2.53. The molecule has 1 N–H and O–H groups in total. The third kappa shape index (κ3) is 4.47. The average Bonchev–Trinajstić information content (AvgIpc) is 3.09. The first-order valence-electron chi connectivity index (χ1n) is 7.48. The Morgan fingerprint density at radius 3 is 2.70 bits per heavy atom. The van der Waals surface area contributed by atoms with Crippen LogP contribution in [0.1, 0.15) is 17.7 Å². The minimum Gasteiger partial charge on any atom is -0.350 e. The number of nitrogens with one attached hydrogen (secondary N) is 1. The van der Waals surface area contributed by atoms with Gasteiger partial charge in [0.2, 0.25) is 5.91 Å². The number of thiazole rings is 1. The van der Waals surface area contributed by atoms with E-state index < -0.39 is 0 Å². The van der Waals surface area contributed by atoms with Crippen LogP contribution >= 0.6 is 11.3 Å². The van der Waals surface area contributed by atoms with Gasteiger partial charge in [0, 0.05) is 18.0 Å². The van der Waals surface area contributed by atoms with Crippen molar-refractivity contribution in [2.75, 3.05) is 0 Å². The molecular weight excluding hydrogens is 306 g/mol. The lowest BCUT2D eigenvalue weighted by molar-refractivity contribution is -0.121. The van der Waals surface area contributed by atoms with Crippen molar-refractivity contribution in [1.29, 1.82) is 0 Å². The molecular formula is C18H17N3OS. The highest BCUT2D eigenvalue weighted by molar-refractivity contribution is 7.13. The van der Waals surface area contributed by atoms with Crippen molar-refractivity contribution in [1.82, 2.24) is 15.3 Å². The van der Waals surface area contributed by atoms with Crippen LogP contribution in [-0.4, -0.2) is 15.9 Å². The van der Waals surface area contributed by atoms with Crippen molar-refractivity contribution in [3.05, 3.63) is 71.4 Å². The molecule has 1 amide bonds. The molecule has 0 spiro atoms. The molecule has 0 saturated carbocycles. The van der Waals surface area contributed by atoms with E-state index in [0.29, 0.717) is 13.0 Å². The van der Waals surface area contributed by atoms with E-state index in [1.807, 2.05) is 53.9 Å². The van der Waals surface area contributed by atoms with Crippen molar-refractivity contribution in [3.63, 3.8) is 0 Å². The second-order valence-corrected chi connectivity index (χ2v) is 5.98. The van der Waals surface area contributed by atoms with Gasteiger partial charge in [0.05, 0.1) is 17.9 Å². The van der Waals surface area contributed by atoms with Crippen LogP contribution in [0.25, 0.3) is 10.7 Å². The van der Waals surface area contributed by atoms with E-state index in [0.717, 1.165) is 22.8 Å². The van der Waals surface area contributed by atoms with E-state index in [2.05, 4.69) is 15.3 Å². The number of benzene rings is 1. The molecule has 0 bridgehead atoms. The first-order valence-corrected chi connectivity index (χ1v) is 8.35. The van der Waals surface area contributed by atoms with Crippen molar-refractivity contribution < 1.29 is 4.79 Å². The van der Waals surface area contributed by atoms with Gasteiger partial charge >= 0.3 is 0 Å². The molecule has 4 nitrogen and oxygen atoms in total. The van der Waals surface area contributed by atoms with Crippen LogP contribution < -0.4 is 5.32 Å². The zero-order valence-electron chi connectivity index (χ0n) is 12.6. The van der Waals surface area contributed by atoms with Crippen molar-refractivity contribution in [2.45, 2.75) is 19.4 Å². The summed E-state index contributed by atoms with van der Waals surface area (Å²) in [5.74, 6) is 0.0428. The van der Waals surface area contributed by atoms with Crippen LogP contribution in [0, 0.1) is 0 Å². The second-order valence-electron chi connectivity index (χ2n) is 5.12. The Kier molecular flexibility index (Phi) is 5.11. The summed E-state index contributed by atoms with van der Waals surface area (Å²) in [6.45, 7) is 0.455. The molecule has 2 aromatic heterocycles. The first-order chi connectivity index (χ1) is 11.3. The summed E-state index contributed by atoms with van der Waals surface area (Å²) in [5.41, 5.74) is 2.90. The summed E-state index contributed by atoms with van der Waals surface area (Å²) in [7, 11) is 0. The number of carbonyl (C=O) groups excluding carboxylic acids is 1. The van der Waals surface area contributed by atoms with Crippen LogP contribution in [0.2, 0.25) is 0 Å². The summed E-state index contributed by atoms with van der Waals surface area (Å²) in [5, 5.41) is 5.75. The molecule has 23 heavy (non-hydrogen) atoms. The van der Waals surface area contributed by atoms with Crippen LogP contribution in [0.4, 0.5) is 0 Å². The number of rotatable bonds is 6.